The molecule has 1 aliphatic carbocycles. The predicted molar refractivity (Wildman–Crippen MR) is 258 cm³/mol. The summed E-state index contributed by atoms with van der Waals surface area (Å²) in [7, 11) is 0. The topological polar surface area (TPSA) is 56.7 Å². The first-order valence-electron chi connectivity index (χ1n) is 21.5. The molecule has 12 aromatic rings. The molecule has 0 saturated heterocycles. The van der Waals surface area contributed by atoms with Gasteiger partial charge in [0.15, 0.2) is 11.6 Å². The first kappa shape index (κ1) is 35.6. The van der Waals surface area contributed by atoms with Crippen LogP contribution >= 0.6 is 0 Å². The monoisotopic (exact) mass is 806 g/mol. The van der Waals surface area contributed by atoms with Gasteiger partial charge in [0.05, 0.1) is 11.0 Å². The van der Waals surface area contributed by atoms with Gasteiger partial charge in [0.2, 0.25) is 5.95 Å². The third-order valence-electron chi connectivity index (χ3n) is 13.3. The van der Waals surface area contributed by atoms with Crippen molar-refractivity contribution in [1.29, 1.82) is 0 Å². The van der Waals surface area contributed by atoms with Crippen molar-refractivity contribution >= 4 is 54.5 Å². The number of hydrogen-bond acceptors (Lipinski definition) is 4. The highest BCUT2D eigenvalue weighted by Crippen LogP contribution is 2.50. The van der Waals surface area contributed by atoms with E-state index in [0.29, 0.717) is 17.6 Å². The Morgan fingerprint density at radius 1 is 0.381 bits per heavy atom. The van der Waals surface area contributed by atoms with Crippen molar-refractivity contribution in [3.05, 3.63) is 205 Å². The van der Waals surface area contributed by atoms with Crippen molar-refractivity contribution in [2.75, 3.05) is 0 Å². The minimum absolute atomic E-state index is 0.0886. The maximum absolute atomic E-state index is 6.37. The number of fused-ring (bicyclic) bond motifs is 11. The molecule has 0 bridgehead atoms. The lowest BCUT2D eigenvalue weighted by atomic mass is 9.81. The van der Waals surface area contributed by atoms with E-state index in [4.69, 9.17) is 19.4 Å². The van der Waals surface area contributed by atoms with Gasteiger partial charge in [-0.25, -0.2) is 4.98 Å². The minimum atomic E-state index is -0.0886. The molecule has 0 atom stereocenters. The fourth-order valence-electron chi connectivity index (χ4n) is 10.2. The Hall–Kier alpha value is -8.15. The van der Waals surface area contributed by atoms with Crippen LogP contribution < -0.4 is 0 Å². The Labute approximate surface area is 363 Å². The summed E-state index contributed by atoms with van der Waals surface area (Å²) >= 11 is 0. The molecule has 3 aromatic heterocycles. The SMILES string of the molecule is CC1(C)c2ccccc2-c2ccc(-c3cccc(-c4cccc5c6ccc7ccccc7c6n(-c6nc(-c7ccccc7)nc(-c7ccc8c(c7)oc7ccccc78)n6)c45)c3)cc21. The second-order valence-electron chi connectivity index (χ2n) is 17.2. The van der Waals surface area contributed by atoms with Gasteiger partial charge >= 0.3 is 0 Å². The molecule has 0 fully saturated rings. The summed E-state index contributed by atoms with van der Waals surface area (Å²) in [4.78, 5) is 15.9. The molecule has 0 aliphatic heterocycles. The molecule has 3 heterocycles. The van der Waals surface area contributed by atoms with E-state index >= 15 is 0 Å². The van der Waals surface area contributed by atoms with Gasteiger partial charge in [-0.3, -0.25) is 4.57 Å². The Morgan fingerprint density at radius 3 is 1.90 bits per heavy atom. The zero-order valence-electron chi connectivity index (χ0n) is 34.7. The van der Waals surface area contributed by atoms with Crippen molar-refractivity contribution in [2.45, 2.75) is 19.3 Å². The first-order valence-corrected chi connectivity index (χ1v) is 21.5. The molecule has 1 aliphatic rings. The van der Waals surface area contributed by atoms with E-state index in [0.717, 1.165) is 76.8 Å². The van der Waals surface area contributed by atoms with Gasteiger partial charge in [0, 0.05) is 49.0 Å². The lowest BCUT2D eigenvalue weighted by Crippen LogP contribution is -2.14. The lowest BCUT2D eigenvalue weighted by Gasteiger charge is -2.22. The Bertz CT molecular complexity index is 3840. The number of furan rings is 1. The first-order chi connectivity index (χ1) is 31.0. The van der Waals surface area contributed by atoms with Gasteiger partial charge in [-0.05, 0) is 74.7 Å². The van der Waals surface area contributed by atoms with Crippen LogP contribution in [-0.2, 0) is 5.41 Å². The molecular formula is C58H38N4O. The van der Waals surface area contributed by atoms with Crippen molar-refractivity contribution in [3.8, 4) is 62.1 Å². The second kappa shape index (κ2) is 13.4. The molecule has 0 radical (unpaired) electrons. The third-order valence-corrected chi connectivity index (χ3v) is 13.3. The standard InChI is InChI=1S/C58H38N4O/c1-58(2)49-24-10-8-20-43(49)44-29-27-38(33-50(44)58)37-17-12-18-39(32-37)42-22-13-23-47-48-31-26-35-14-6-7-19-41(35)53(48)62(54(42)47)57-60-55(36-15-4-3-5-16-36)59-56(61-57)40-28-30-46-45-21-9-11-25-51(45)63-52(46)34-40/h3-34H,1-2H3. The van der Waals surface area contributed by atoms with E-state index in [1.54, 1.807) is 0 Å². The molecule has 0 saturated carbocycles. The molecule has 9 aromatic carbocycles. The van der Waals surface area contributed by atoms with E-state index in [1.807, 2.05) is 36.4 Å². The molecule has 0 N–H and O–H groups in total. The average molecular weight is 807 g/mol. The molecule has 296 valence electrons. The van der Waals surface area contributed by atoms with Crippen molar-refractivity contribution in [1.82, 2.24) is 19.5 Å². The molecule has 13 rings (SSSR count). The summed E-state index contributed by atoms with van der Waals surface area (Å²) in [6.45, 7) is 4.68. The van der Waals surface area contributed by atoms with Crippen LogP contribution in [0.4, 0.5) is 0 Å². The maximum Gasteiger partial charge on any atom is 0.238 e. The molecule has 5 nitrogen and oxygen atoms in total. The van der Waals surface area contributed by atoms with Crippen LogP contribution in [0.1, 0.15) is 25.0 Å². The van der Waals surface area contributed by atoms with Crippen LogP contribution in [0.25, 0.3) is 117 Å². The summed E-state index contributed by atoms with van der Waals surface area (Å²) in [5.74, 6) is 1.71. The Kier molecular flexibility index (Phi) is 7.58. The van der Waals surface area contributed by atoms with Gasteiger partial charge in [-0.15, -0.1) is 0 Å². The lowest BCUT2D eigenvalue weighted by molar-refractivity contribution is 0.660. The van der Waals surface area contributed by atoms with E-state index < -0.39 is 0 Å². The summed E-state index contributed by atoms with van der Waals surface area (Å²) < 4.78 is 8.65. The van der Waals surface area contributed by atoms with E-state index in [-0.39, 0.29) is 5.41 Å². The summed E-state index contributed by atoms with van der Waals surface area (Å²) in [5, 5.41) is 6.67. The van der Waals surface area contributed by atoms with Gasteiger partial charge < -0.3 is 4.42 Å². The Balaban J connectivity index is 1.06. The zero-order valence-corrected chi connectivity index (χ0v) is 34.7. The second-order valence-corrected chi connectivity index (χ2v) is 17.2. The summed E-state index contributed by atoms with van der Waals surface area (Å²) in [6.07, 6.45) is 0. The van der Waals surface area contributed by atoms with Gasteiger partial charge in [0.1, 0.15) is 11.2 Å². The van der Waals surface area contributed by atoms with Crippen molar-refractivity contribution in [2.24, 2.45) is 0 Å². The zero-order chi connectivity index (χ0) is 41.8. The molecule has 0 spiro atoms. The van der Waals surface area contributed by atoms with Crippen molar-refractivity contribution < 1.29 is 4.42 Å². The summed E-state index contributed by atoms with van der Waals surface area (Å²) in [5.41, 5.74) is 15.4. The number of rotatable bonds is 5. The average Bonchev–Trinajstić information content (AvgIpc) is 3.97. The third kappa shape index (κ3) is 5.39. The normalized spacial score (nSPS) is 13.0. The number of para-hydroxylation sites is 2. The molecule has 0 unspecified atom stereocenters. The van der Waals surface area contributed by atoms with E-state index in [1.165, 1.54) is 33.4 Å². The maximum atomic E-state index is 6.37. The van der Waals surface area contributed by atoms with Crippen LogP contribution in [0, 0.1) is 0 Å². The van der Waals surface area contributed by atoms with Crippen LogP contribution in [0.15, 0.2) is 199 Å². The largest absolute Gasteiger partial charge is 0.456 e. The van der Waals surface area contributed by atoms with Gasteiger partial charge in [0.25, 0.3) is 0 Å². The van der Waals surface area contributed by atoms with Crippen LogP contribution in [-0.4, -0.2) is 19.5 Å². The van der Waals surface area contributed by atoms with Gasteiger partial charge in [-0.1, -0.05) is 178 Å². The van der Waals surface area contributed by atoms with Crippen LogP contribution in [0.2, 0.25) is 0 Å². The molecule has 0 amide bonds. The van der Waals surface area contributed by atoms with Crippen LogP contribution in [0.3, 0.4) is 0 Å². The summed E-state index contributed by atoms with van der Waals surface area (Å²) in [6, 6.07) is 69.1. The minimum Gasteiger partial charge on any atom is -0.456 e. The Morgan fingerprint density at radius 2 is 1.00 bits per heavy atom. The van der Waals surface area contributed by atoms with Crippen molar-refractivity contribution in [3.63, 3.8) is 0 Å². The highest BCUT2D eigenvalue weighted by Gasteiger charge is 2.35. The fourth-order valence-corrected chi connectivity index (χ4v) is 10.2. The van der Waals surface area contributed by atoms with Gasteiger partial charge in [-0.2, -0.15) is 9.97 Å². The van der Waals surface area contributed by atoms with E-state index in [2.05, 4.69) is 176 Å². The number of nitrogens with zero attached hydrogens (tertiary/aromatic N) is 4. The highest BCUT2D eigenvalue weighted by atomic mass is 16.3. The number of hydrogen-bond donors (Lipinski definition) is 0. The highest BCUT2D eigenvalue weighted by molar-refractivity contribution is 6.21. The fraction of sp³-hybridized carbons (Fsp3) is 0.0517. The molecular weight excluding hydrogens is 769 g/mol. The smallest absolute Gasteiger partial charge is 0.238 e. The predicted octanol–water partition coefficient (Wildman–Crippen LogP) is 15.0. The quantitative estimate of drug-likeness (QED) is 0.174. The molecule has 5 heteroatoms. The molecule has 63 heavy (non-hydrogen) atoms. The number of aromatic nitrogens is 4. The van der Waals surface area contributed by atoms with E-state index in [9.17, 15) is 0 Å². The van der Waals surface area contributed by atoms with Crippen LogP contribution in [0.5, 0.6) is 0 Å². The number of benzene rings is 9.